The van der Waals surface area contributed by atoms with Gasteiger partial charge in [-0.25, -0.2) is 0 Å². The number of nitrogens with two attached hydrogens (primary N) is 1. The highest BCUT2D eigenvalue weighted by atomic mass is 15.1. The fraction of sp³-hybridized carbons (Fsp3) is 0.727. The summed E-state index contributed by atoms with van der Waals surface area (Å²) in [5, 5.41) is 6.63. The van der Waals surface area contributed by atoms with E-state index in [0.717, 1.165) is 44.0 Å². The first kappa shape index (κ1) is 12.0. The molecule has 1 heterocycles. The van der Waals surface area contributed by atoms with Crippen LogP contribution in [0.4, 0.5) is 0 Å². The van der Waals surface area contributed by atoms with Crippen LogP contribution in [0.5, 0.6) is 0 Å². The fourth-order valence-corrected chi connectivity index (χ4v) is 1.55. The molecule has 0 saturated heterocycles. The SMILES string of the molecule is CCCC1=NC(C)C=C(NCCCN)N1. The highest BCUT2D eigenvalue weighted by Crippen LogP contribution is 2.05. The third-order valence-electron chi connectivity index (χ3n) is 2.23. The molecule has 4 nitrogen and oxygen atoms in total. The van der Waals surface area contributed by atoms with Crippen LogP contribution in [0, 0.1) is 0 Å². The third-order valence-corrected chi connectivity index (χ3v) is 2.23. The van der Waals surface area contributed by atoms with Gasteiger partial charge < -0.3 is 16.4 Å². The molecule has 0 aliphatic carbocycles. The van der Waals surface area contributed by atoms with Crippen molar-refractivity contribution in [1.82, 2.24) is 10.6 Å². The van der Waals surface area contributed by atoms with Crippen molar-refractivity contribution in [3.8, 4) is 0 Å². The van der Waals surface area contributed by atoms with Crippen molar-refractivity contribution >= 4 is 5.84 Å². The average Bonchev–Trinajstić information content (AvgIpc) is 2.18. The van der Waals surface area contributed by atoms with E-state index in [1.807, 2.05) is 0 Å². The molecule has 1 unspecified atom stereocenters. The Bertz CT molecular complexity index is 245. The van der Waals surface area contributed by atoms with Gasteiger partial charge in [0, 0.05) is 13.0 Å². The standard InChI is InChI=1S/C11H22N4/c1-3-5-10-14-9(2)8-11(15-10)13-7-4-6-12/h8-9,13H,3-7,12H2,1-2H3,(H,14,15). The van der Waals surface area contributed by atoms with Gasteiger partial charge in [0.2, 0.25) is 0 Å². The Morgan fingerprint density at radius 3 is 3.07 bits per heavy atom. The fourth-order valence-electron chi connectivity index (χ4n) is 1.55. The van der Waals surface area contributed by atoms with E-state index in [-0.39, 0.29) is 6.04 Å². The van der Waals surface area contributed by atoms with Crippen molar-refractivity contribution in [2.75, 3.05) is 13.1 Å². The predicted molar refractivity (Wildman–Crippen MR) is 64.7 cm³/mol. The lowest BCUT2D eigenvalue weighted by atomic mass is 10.2. The van der Waals surface area contributed by atoms with Crippen molar-refractivity contribution in [3.05, 3.63) is 11.9 Å². The summed E-state index contributed by atoms with van der Waals surface area (Å²) in [5.41, 5.74) is 5.44. The Hall–Kier alpha value is -1.03. The zero-order valence-corrected chi connectivity index (χ0v) is 9.71. The Labute approximate surface area is 92.0 Å². The molecule has 0 fully saturated rings. The van der Waals surface area contributed by atoms with Crippen LogP contribution in [0.3, 0.4) is 0 Å². The van der Waals surface area contributed by atoms with E-state index in [4.69, 9.17) is 5.73 Å². The number of hydrogen-bond acceptors (Lipinski definition) is 4. The molecule has 0 saturated carbocycles. The van der Waals surface area contributed by atoms with Crippen molar-refractivity contribution in [3.63, 3.8) is 0 Å². The molecule has 4 heteroatoms. The third kappa shape index (κ3) is 4.34. The van der Waals surface area contributed by atoms with E-state index in [9.17, 15) is 0 Å². The quantitative estimate of drug-likeness (QED) is 0.572. The second kappa shape index (κ2) is 6.45. The number of nitrogens with zero attached hydrogens (tertiary/aromatic N) is 1. The summed E-state index contributed by atoms with van der Waals surface area (Å²) < 4.78 is 0. The molecule has 0 aromatic carbocycles. The van der Waals surface area contributed by atoms with Crippen molar-refractivity contribution in [2.24, 2.45) is 10.7 Å². The van der Waals surface area contributed by atoms with Gasteiger partial charge in [-0.2, -0.15) is 0 Å². The molecule has 4 N–H and O–H groups in total. The summed E-state index contributed by atoms with van der Waals surface area (Å²) in [7, 11) is 0. The van der Waals surface area contributed by atoms with Crippen LogP contribution < -0.4 is 16.4 Å². The molecule has 0 aromatic rings. The van der Waals surface area contributed by atoms with E-state index in [1.165, 1.54) is 0 Å². The predicted octanol–water partition coefficient (Wildman–Crippen LogP) is 0.956. The van der Waals surface area contributed by atoms with E-state index < -0.39 is 0 Å². The molecule has 0 spiro atoms. The Kier molecular flexibility index (Phi) is 5.18. The van der Waals surface area contributed by atoms with Gasteiger partial charge in [-0.15, -0.1) is 0 Å². The summed E-state index contributed by atoms with van der Waals surface area (Å²) >= 11 is 0. The molecule has 1 atom stereocenters. The number of hydrogen-bond donors (Lipinski definition) is 3. The summed E-state index contributed by atoms with van der Waals surface area (Å²) in [6, 6.07) is 0.271. The van der Waals surface area contributed by atoms with E-state index >= 15 is 0 Å². The minimum Gasteiger partial charge on any atom is -0.372 e. The van der Waals surface area contributed by atoms with E-state index in [2.05, 4.69) is 35.5 Å². The largest absolute Gasteiger partial charge is 0.372 e. The van der Waals surface area contributed by atoms with Gasteiger partial charge in [0.05, 0.1) is 6.04 Å². The second-order valence-corrected chi connectivity index (χ2v) is 3.84. The molecule has 0 aromatic heterocycles. The first-order valence-corrected chi connectivity index (χ1v) is 5.75. The van der Waals surface area contributed by atoms with Gasteiger partial charge in [0.15, 0.2) is 0 Å². The molecular formula is C11H22N4. The number of aliphatic imine (C=N–C) groups is 1. The van der Waals surface area contributed by atoms with Crippen LogP contribution in [0.25, 0.3) is 0 Å². The van der Waals surface area contributed by atoms with Crippen LogP contribution in [-0.2, 0) is 0 Å². The van der Waals surface area contributed by atoms with Crippen LogP contribution in [0.1, 0.15) is 33.1 Å². The molecule has 86 valence electrons. The molecule has 1 aliphatic rings. The minimum atomic E-state index is 0.271. The lowest BCUT2D eigenvalue weighted by molar-refractivity contribution is 0.682. The topological polar surface area (TPSA) is 62.4 Å². The number of rotatable bonds is 6. The summed E-state index contributed by atoms with van der Waals surface area (Å²) in [6.45, 7) is 5.91. The lowest BCUT2D eigenvalue weighted by Crippen LogP contribution is -2.36. The first-order chi connectivity index (χ1) is 7.26. The Morgan fingerprint density at radius 1 is 1.60 bits per heavy atom. The molecule has 1 rings (SSSR count). The van der Waals surface area contributed by atoms with Gasteiger partial charge >= 0.3 is 0 Å². The van der Waals surface area contributed by atoms with Crippen molar-refractivity contribution in [1.29, 1.82) is 0 Å². The monoisotopic (exact) mass is 210 g/mol. The minimum absolute atomic E-state index is 0.271. The Morgan fingerprint density at radius 2 is 2.40 bits per heavy atom. The van der Waals surface area contributed by atoms with Crippen LogP contribution in [0.15, 0.2) is 16.9 Å². The maximum Gasteiger partial charge on any atom is 0.102 e. The Balaban J connectivity index is 2.39. The van der Waals surface area contributed by atoms with Gasteiger partial charge in [0.25, 0.3) is 0 Å². The maximum absolute atomic E-state index is 5.44. The molecule has 0 amide bonds. The average molecular weight is 210 g/mol. The molecule has 15 heavy (non-hydrogen) atoms. The summed E-state index contributed by atoms with van der Waals surface area (Å²) in [6.07, 6.45) is 5.23. The molecular weight excluding hydrogens is 188 g/mol. The molecule has 0 bridgehead atoms. The molecule has 1 aliphatic heterocycles. The molecule has 0 radical (unpaired) electrons. The smallest absolute Gasteiger partial charge is 0.102 e. The second-order valence-electron chi connectivity index (χ2n) is 3.84. The van der Waals surface area contributed by atoms with Crippen LogP contribution in [-0.4, -0.2) is 25.0 Å². The van der Waals surface area contributed by atoms with Gasteiger partial charge in [-0.05, 0) is 32.4 Å². The highest BCUT2D eigenvalue weighted by molar-refractivity contribution is 5.84. The van der Waals surface area contributed by atoms with Gasteiger partial charge in [-0.1, -0.05) is 6.92 Å². The van der Waals surface area contributed by atoms with Gasteiger partial charge in [-0.3, -0.25) is 4.99 Å². The summed E-state index contributed by atoms with van der Waals surface area (Å²) in [5.74, 6) is 2.16. The van der Waals surface area contributed by atoms with Crippen molar-refractivity contribution in [2.45, 2.75) is 39.2 Å². The lowest BCUT2D eigenvalue weighted by Gasteiger charge is -2.21. The normalized spacial score (nSPS) is 20.3. The highest BCUT2D eigenvalue weighted by Gasteiger charge is 2.10. The summed E-state index contributed by atoms with van der Waals surface area (Å²) in [4.78, 5) is 4.51. The first-order valence-electron chi connectivity index (χ1n) is 5.75. The zero-order chi connectivity index (χ0) is 11.1. The van der Waals surface area contributed by atoms with E-state index in [1.54, 1.807) is 0 Å². The zero-order valence-electron chi connectivity index (χ0n) is 9.71. The maximum atomic E-state index is 5.44. The van der Waals surface area contributed by atoms with Gasteiger partial charge in [0.1, 0.15) is 11.7 Å². The van der Waals surface area contributed by atoms with Crippen LogP contribution >= 0.6 is 0 Å². The number of nitrogens with one attached hydrogen (secondary N) is 2. The van der Waals surface area contributed by atoms with E-state index in [0.29, 0.717) is 0 Å². The number of amidine groups is 1. The van der Waals surface area contributed by atoms with Crippen LogP contribution in [0.2, 0.25) is 0 Å². The van der Waals surface area contributed by atoms with Crippen molar-refractivity contribution < 1.29 is 0 Å².